The third-order valence-corrected chi connectivity index (χ3v) is 6.44. The van der Waals surface area contributed by atoms with Crippen molar-refractivity contribution in [2.24, 2.45) is 0 Å². The van der Waals surface area contributed by atoms with Crippen molar-refractivity contribution in [3.8, 4) is 5.75 Å². The van der Waals surface area contributed by atoms with Gasteiger partial charge in [-0.25, -0.2) is 4.39 Å². The van der Waals surface area contributed by atoms with Crippen molar-refractivity contribution in [1.29, 1.82) is 0 Å². The van der Waals surface area contributed by atoms with Crippen LogP contribution in [0.3, 0.4) is 0 Å². The topological polar surface area (TPSA) is 82.6 Å². The molecule has 0 aliphatic carbocycles. The SMILES string of the molecule is CCOc1cccc(/C(O)=C2\C(=O)C(=O)N(Cc3ccc(F)cc3)C2c2c(C)[nH]c3ccccc23)c1. The summed E-state index contributed by atoms with van der Waals surface area (Å²) in [7, 11) is 0. The molecule has 0 saturated carbocycles. The van der Waals surface area contributed by atoms with Crippen LogP contribution in [0, 0.1) is 12.7 Å². The van der Waals surface area contributed by atoms with Crippen LogP contribution in [0.1, 0.15) is 35.3 Å². The molecular formula is C29H25FN2O4. The lowest BCUT2D eigenvalue weighted by Gasteiger charge is -2.26. The Bertz CT molecular complexity index is 1500. The van der Waals surface area contributed by atoms with E-state index < -0.39 is 17.7 Å². The van der Waals surface area contributed by atoms with Crippen LogP contribution in [0.4, 0.5) is 4.39 Å². The third-order valence-electron chi connectivity index (χ3n) is 6.44. The van der Waals surface area contributed by atoms with Crippen LogP contribution in [0.5, 0.6) is 5.75 Å². The molecular weight excluding hydrogens is 459 g/mol. The fourth-order valence-corrected chi connectivity index (χ4v) is 4.84. The molecule has 1 aromatic heterocycles. The summed E-state index contributed by atoms with van der Waals surface area (Å²) in [6, 6.07) is 19.4. The number of para-hydroxylation sites is 1. The van der Waals surface area contributed by atoms with Crippen LogP contribution >= 0.6 is 0 Å². The molecule has 2 N–H and O–H groups in total. The Kier molecular flexibility index (Phi) is 6.06. The van der Waals surface area contributed by atoms with Crippen molar-refractivity contribution < 1.29 is 23.8 Å². The maximum atomic E-state index is 13.5. The maximum Gasteiger partial charge on any atom is 0.295 e. The second kappa shape index (κ2) is 9.34. The number of likely N-dealkylation sites (tertiary alicyclic amines) is 1. The van der Waals surface area contributed by atoms with Gasteiger partial charge in [-0.2, -0.15) is 0 Å². The Morgan fingerprint density at radius 2 is 1.81 bits per heavy atom. The number of rotatable bonds is 6. The fraction of sp³-hybridized carbons (Fsp3) is 0.172. The normalized spacial score (nSPS) is 17.2. The minimum absolute atomic E-state index is 0.00335. The predicted octanol–water partition coefficient (Wildman–Crippen LogP) is 5.64. The average Bonchev–Trinajstić information content (AvgIpc) is 3.33. The van der Waals surface area contributed by atoms with E-state index >= 15 is 0 Å². The van der Waals surface area contributed by atoms with E-state index in [2.05, 4.69) is 4.98 Å². The summed E-state index contributed by atoms with van der Waals surface area (Å²) in [5.74, 6) is -1.62. The van der Waals surface area contributed by atoms with Gasteiger partial charge in [0.15, 0.2) is 0 Å². The standard InChI is InChI=1S/C29H25FN2O4/c1-3-36-21-8-6-7-19(15-21)27(33)25-26(24-17(2)31-23-10-5-4-9-22(23)24)32(29(35)28(25)34)16-18-11-13-20(30)14-12-18/h4-15,26,31,33H,3,16H2,1-2H3/b27-25+. The molecule has 182 valence electrons. The van der Waals surface area contributed by atoms with Crippen LogP contribution < -0.4 is 4.74 Å². The average molecular weight is 485 g/mol. The molecule has 5 rings (SSSR count). The monoisotopic (exact) mass is 484 g/mol. The molecule has 0 spiro atoms. The van der Waals surface area contributed by atoms with Crippen molar-refractivity contribution in [2.75, 3.05) is 6.61 Å². The lowest BCUT2D eigenvalue weighted by Crippen LogP contribution is -2.29. The molecule has 2 heterocycles. The molecule has 36 heavy (non-hydrogen) atoms. The quantitative estimate of drug-likeness (QED) is 0.211. The number of benzene rings is 3. The van der Waals surface area contributed by atoms with Crippen LogP contribution in [-0.4, -0.2) is 33.3 Å². The van der Waals surface area contributed by atoms with Gasteiger partial charge in [0.1, 0.15) is 17.3 Å². The summed E-state index contributed by atoms with van der Waals surface area (Å²) in [6.45, 7) is 4.25. The van der Waals surface area contributed by atoms with Crippen molar-refractivity contribution in [1.82, 2.24) is 9.88 Å². The van der Waals surface area contributed by atoms with Gasteiger partial charge in [0.05, 0.1) is 18.2 Å². The van der Waals surface area contributed by atoms with Gasteiger partial charge < -0.3 is 19.7 Å². The Balaban J connectivity index is 1.71. The van der Waals surface area contributed by atoms with Gasteiger partial charge in [-0.1, -0.05) is 42.5 Å². The fourth-order valence-electron chi connectivity index (χ4n) is 4.84. The summed E-state index contributed by atoms with van der Waals surface area (Å²) in [5.41, 5.74) is 3.41. The van der Waals surface area contributed by atoms with Gasteiger partial charge in [-0.05, 0) is 49.7 Å². The first-order chi connectivity index (χ1) is 17.4. The van der Waals surface area contributed by atoms with E-state index in [0.717, 1.165) is 22.2 Å². The molecule has 3 aromatic carbocycles. The molecule has 1 fully saturated rings. The van der Waals surface area contributed by atoms with Crippen LogP contribution in [0.15, 0.2) is 78.4 Å². The number of hydrogen-bond donors (Lipinski definition) is 2. The maximum absolute atomic E-state index is 13.5. The number of nitrogens with zero attached hydrogens (tertiary/aromatic N) is 1. The van der Waals surface area contributed by atoms with Crippen molar-refractivity contribution in [3.63, 3.8) is 0 Å². The number of carbonyl (C=O) groups is 2. The Morgan fingerprint density at radius 1 is 1.06 bits per heavy atom. The Labute approximate surface area is 207 Å². The second-order valence-corrected chi connectivity index (χ2v) is 8.72. The summed E-state index contributed by atoms with van der Waals surface area (Å²) in [4.78, 5) is 31.6. The van der Waals surface area contributed by atoms with Crippen LogP contribution in [0.25, 0.3) is 16.7 Å². The van der Waals surface area contributed by atoms with Gasteiger partial charge in [0.2, 0.25) is 0 Å². The van der Waals surface area contributed by atoms with Gasteiger partial charge in [-0.15, -0.1) is 0 Å². The van der Waals surface area contributed by atoms with E-state index in [-0.39, 0.29) is 23.7 Å². The van der Waals surface area contributed by atoms with E-state index in [1.807, 2.05) is 38.1 Å². The number of carbonyl (C=O) groups excluding carboxylic acids is 2. The first-order valence-corrected chi connectivity index (χ1v) is 11.7. The van der Waals surface area contributed by atoms with E-state index in [9.17, 15) is 19.1 Å². The van der Waals surface area contributed by atoms with Gasteiger partial charge >= 0.3 is 0 Å². The molecule has 4 aromatic rings. The molecule has 1 unspecified atom stereocenters. The number of ether oxygens (including phenoxy) is 1. The zero-order valence-corrected chi connectivity index (χ0v) is 19.9. The molecule has 0 bridgehead atoms. The first-order valence-electron chi connectivity index (χ1n) is 11.7. The first kappa shape index (κ1) is 23.4. The number of aromatic amines is 1. The van der Waals surface area contributed by atoms with Crippen LogP contribution in [0.2, 0.25) is 0 Å². The number of amides is 1. The van der Waals surface area contributed by atoms with Gasteiger partial charge in [0.25, 0.3) is 11.7 Å². The van der Waals surface area contributed by atoms with E-state index in [1.165, 1.54) is 17.0 Å². The summed E-state index contributed by atoms with van der Waals surface area (Å²) in [5, 5.41) is 12.3. The highest BCUT2D eigenvalue weighted by molar-refractivity contribution is 6.46. The molecule has 1 aliphatic heterocycles. The highest BCUT2D eigenvalue weighted by atomic mass is 19.1. The Hall–Kier alpha value is -4.39. The van der Waals surface area contributed by atoms with Gasteiger partial charge in [0, 0.05) is 34.3 Å². The highest BCUT2D eigenvalue weighted by Gasteiger charge is 2.47. The minimum atomic E-state index is -0.845. The second-order valence-electron chi connectivity index (χ2n) is 8.72. The van der Waals surface area contributed by atoms with E-state index in [1.54, 1.807) is 36.4 Å². The number of nitrogens with one attached hydrogen (secondary N) is 1. The lowest BCUT2D eigenvalue weighted by atomic mass is 9.93. The third kappa shape index (κ3) is 4.02. The number of hydrogen-bond acceptors (Lipinski definition) is 4. The highest BCUT2D eigenvalue weighted by Crippen LogP contribution is 2.44. The zero-order chi connectivity index (χ0) is 25.4. The predicted molar refractivity (Wildman–Crippen MR) is 135 cm³/mol. The zero-order valence-electron chi connectivity index (χ0n) is 19.9. The smallest absolute Gasteiger partial charge is 0.295 e. The van der Waals surface area contributed by atoms with Crippen molar-refractivity contribution in [2.45, 2.75) is 26.4 Å². The number of fused-ring (bicyclic) bond motifs is 1. The number of aliphatic hydroxyl groups excluding tert-OH is 1. The molecule has 7 heteroatoms. The van der Waals surface area contributed by atoms with Crippen LogP contribution in [-0.2, 0) is 16.1 Å². The number of aromatic nitrogens is 1. The Morgan fingerprint density at radius 3 is 2.56 bits per heavy atom. The molecule has 6 nitrogen and oxygen atoms in total. The molecule has 0 radical (unpaired) electrons. The number of aliphatic hydroxyl groups is 1. The number of ketones is 1. The molecule has 1 atom stereocenters. The van der Waals surface area contributed by atoms with E-state index in [0.29, 0.717) is 23.5 Å². The summed E-state index contributed by atoms with van der Waals surface area (Å²) in [6.07, 6.45) is 0. The van der Waals surface area contributed by atoms with Crippen molar-refractivity contribution in [3.05, 3.63) is 107 Å². The van der Waals surface area contributed by atoms with Gasteiger partial charge in [-0.3, -0.25) is 9.59 Å². The number of H-pyrrole nitrogens is 1. The summed E-state index contributed by atoms with van der Waals surface area (Å²) >= 11 is 0. The minimum Gasteiger partial charge on any atom is -0.507 e. The lowest BCUT2D eigenvalue weighted by molar-refractivity contribution is -0.140. The molecule has 1 aliphatic rings. The van der Waals surface area contributed by atoms with E-state index in [4.69, 9.17) is 4.74 Å². The molecule has 1 saturated heterocycles. The number of aryl methyl sites for hydroxylation is 1. The summed E-state index contributed by atoms with van der Waals surface area (Å²) < 4.78 is 19.1. The van der Waals surface area contributed by atoms with Crippen molar-refractivity contribution >= 4 is 28.4 Å². The number of Topliss-reactive ketones (excluding diaryl/α,β-unsaturated/α-hetero) is 1. The molecule has 1 amide bonds. The largest absolute Gasteiger partial charge is 0.507 e. The number of halogens is 1.